The van der Waals surface area contributed by atoms with E-state index in [-0.39, 0.29) is 76.8 Å². The first kappa shape index (κ1) is 33.8. The van der Waals surface area contributed by atoms with Crippen LogP contribution in [-0.4, -0.2) is 78.7 Å². The SMILES string of the molecule is CC(C)(C)OC(=O)CCOCC(Br)(COCCC(=O)OC(C)(C)C)COCCC(=O)OC(C)(C)C. The molecule has 0 unspecified atom stereocenters. The van der Waals surface area contributed by atoms with Gasteiger partial charge in [-0.1, -0.05) is 15.9 Å². The fraction of sp³-hybridized carbons (Fsp3) is 0.880. The van der Waals surface area contributed by atoms with Crippen LogP contribution in [0.3, 0.4) is 0 Å². The van der Waals surface area contributed by atoms with Crippen LogP contribution < -0.4 is 0 Å². The summed E-state index contributed by atoms with van der Waals surface area (Å²) < 4.78 is 32.1. The molecule has 0 spiro atoms. The van der Waals surface area contributed by atoms with Gasteiger partial charge in [0.2, 0.25) is 0 Å². The highest BCUT2D eigenvalue weighted by Crippen LogP contribution is 2.21. The van der Waals surface area contributed by atoms with E-state index in [1.807, 2.05) is 0 Å². The molecule has 0 aromatic carbocycles. The van der Waals surface area contributed by atoms with Crippen molar-refractivity contribution in [3.8, 4) is 0 Å². The van der Waals surface area contributed by atoms with Crippen LogP contribution in [0.5, 0.6) is 0 Å². The van der Waals surface area contributed by atoms with Gasteiger partial charge >= 0.3 is 17.9 Å². The summed E-state index contributed by atoms with van der Waals surface area (Å²) >= 11 is 3.61. The number of esters is 3. The van der Waals surface area contributed by atoms with Crippen LogP contribution >= 0.6 is 15.9 Å². The fourth-order valence-electron chi connectivity index (χ4n) is 2.53. The van der Waals surface area contributed by atoms with Gasteiger partial charge in [0.25, 0.3) is 0 Å². The molecule has 0 atom stereocenters. The Kier molecular flexibility index (Phi) is 14.6. The number of carbonyl (C=O) groups is 3. The van der Waals surface area contributed by atoms with Crippen molar-refractivity contribution in [3.63, 3.8) is 0 Å². The van der Waals surface area contributed by atoms with E-state index in [0.717, 1.165) is 0 Å². The first-order chi connectivity index (χ1) is 15.8. The number of ether oxygens (including phenoxy) is 6. The smallest absolute Gasteiger partial charge is 0.308 e. The van der Waals surface area contributed by atoms with Crippen LogP contribution in [0, 0.1) is 0 Å². The van der Waals surface area contributed by atoms with E-state index in [0.29, 0.717) is 0 Å². The maximum Gasteiger partial charge on any atom is 0.308 e. The normalized spacial score (nSPS) is 12.9. The lowest BCUT2D eigenvalue weighted by atomic mass is 10.2. The molecule has 0 N–H and O–H groups in total. The quantitative estimate of drug-likeness (QED) is 0.123. The van der Waals surface area contributed by atoms with Crippen molar-refractivity contribution in [1.82, 2.24) is 0 Å². The summed E-state index contributed by atoms with van der Waals surface area (Å²) in [7, 11) is 0. The van der Waals surface area contributed by atoms with E-state index in [4.69, 9.17) is 28.4 Å². The third kappa shape index (κ3) is 21.7. The Morgan fingerprint density at radius 3 is 0.943 bits per heavy atom. The standard InChI is InChI=1S/C25H45BrO9/c1-22(2,3)33-19(27)10-13-30-16-25(26,17-31-14-11-20(28)34-23(4,5)6)18-32-15-12-21(29)35-24(7,8)9/h10-18H2,1-9H3. The lowest BCUT2D eigenvalue weighted by Gasteiger charge is -2.27. The third-order valence-electron chi connectivity index (χ3n) is 3.69. The van der Waals surface area contributed by atoms with Crippen LogP contribution in [0.4, 0.5) is 0 Å². The molecule has 0 saturated heterocycles. The monoisotopic (exact) mass is 568 g/mol. The van der Waals surface area contributed by atoms with Gasteiger partial charge < -0.3 is 28.4 Å². The molecular formula is C25H45BrO9. The summed E-state index contributed by atoms with van der Waals surface area (Å²) in [6.45, 7) is 17.3. The highest BCUT2D eigenvalue weighted by atomic mass is 79.9. The Labute approximate surface area is 219 Å². The van der Waals surface area contributed by atoms with Crippen molar-refractivity contribution in [2.24, 2.45) is 0 Å². The maximum atomic E-state index is 11.9. The Bertz CT molecular complexity index is 569. The molecule has 0 fully saturated rings. The summed E-state index contributed by atoms with van der Waals surface area (Å²) in [5.74, 6) is -1.04. The van der Waals surface area contributed by atoms with Gasteiger partial charge in [0.05, 0.1) is 63.2 Å². The van der Waals surface area contributed by atoms with E-state index in [1.165, 1.54) is 0 Å². The number of rotatable bonds is 15. The Hall–Kier alpha value is -1.23. The van der Waals surface area contributed by atoms with Gasteiger partial charge in [-0.2, -0.15) is 0 Å². The van der Waals surface area contributed by atoms with Crippen molar-refractivity contribution < 1.29 is 42.8 Å². The summed E-state index contributed by atoms with van der Waals surface area (Å²) in [5.41, 5.74) is -1.67. The number of hydrogen-bond donors (Lipinski definition) is 0. The molecule has 0 aliphatic carbocycles. The average molecular weight is 570 g/mol. The highest BCUT2D eigenvalue weighted by molar-refractivity contribution is 9.10. The molecule has 35 heavy (non-hydrogen) atoms. The number of hydrogen-bond acceptors (Lipinski definition) is 9. The molecule has 0 saturated carbocycles. The van der Waals surface area contributed by atoms with Crippen molar-refractivity contribution in [1.29, 1.82) is 0 Å². The molecule has 9 nitrogen and oxygen atoms in total. The van der Waals surface area contributed by atoms with Gasteiger partial charge in [-0.3, -0.25) is 14.4 Å². The van der Waals surface area contributed by atoms with E-state index in [2.05, 4.69) is 15.9 Å². The molecule has 0 radical (unpaired) electrons. The molecule has 0 aromatic rings. The first-order valence-corrected chi connectivity index (χ1v) is 12.7. The van der Waals surface area contributed by atoms with Gasteiger partial charge in [0.1, 0.15) is 16.8 Å². The minimum Gasteiger partial charge on any atom is -0.460 e. The zero-order valence-corrected chi connectivity index (χ0v) is 24.5. The Balaban J connectivity index is 4.66. The summed E-state index contributed by atoms with van der Waals surface area (Å²) in [6, 6.07) is 0. The third-order valence-corrected chi connectivity index (χ3v) is 4.38. The summed E-state index contributed by atoms with van der Waals surface area (Å²) in [6.07, 6.45) is 0.331. The molecule has 0 aromatic heterocycles. The molecule has 0 rings (SSSR count). The zero-order valence-electron chi connectivity index (χ0n) is 22.9. The largest absolute Gasteiger partial charge is 0.460 e. The van der Waals surface area contributed by atoms with E-state index >= 15 is 0 Å². The van der Waals surface area contributed by atoms with E-state index in [1.54, 1.807) is 62.3 Å². The molecule has 0 heterocycles. The van der Waals surface area contributed by atoms with Gasteiger partial charge in [-0.25, -0.2) is 0 Å². The second-order valence-electron chi connectivity index (χ2n) is 11.3. The second-order valence-corrected chi connectivity index (χ2v) is 13.0. The maximum absolute atomic E-state index is 11.9. The van der Waals surface area contributed by atoms with Crippen LogP contribution in [0.2, 0.25) is 0 Å². The van der Waals surface area contributed by atoms with Gasteiger partial charge in [0, 0.05) is 0 Å². The van der Waals surface area contributed by atoms with Gasteiger partial charge in [0.15, 0.2) is 0 Å². The molecule has 0 aliphatic rings. The lowest BCUT2D eigenvalue weighted by molar-refractivity contribution is -0.157. The van der Waals surface area contributed by atoms with Crippen LogP contribution in [-0.2, 0) is 42.8 Å². The molecule has 206 valence electrons. The fourth-order valence-corrected chi connectivity index (χ4v) is 3.02. The van der Waals surface area contributed by atoms with E-state index < -0.39 is 21.1 Å². The minimum absolute atomic E-state index is 0.110. The number of alkyl halides is 1. The van der Waals surface area contributed by atoms with Crippen molar-refractivity contribution in [2.45, 2.75) is 103 Å². The average Bonchev–Trinajstić information content (AvgIpc) is 2.62. The van der Waals surface area contributed by atoms with Crippen molar-refractivity contribution >= 4 is 33.8 Å². The topological polar surface area (TPSA) is 107 Å². The Morgan fingerprint density at radius 2 is 0.743 bits per heavy atom. The molecule has 10 heteroatoms. The molecule has 0 aliphatic heterocycles. The van der Waals surface area contributed by atoms with Crippen molar-refractivity contribution in [2.75, 3.05) is 39.6 Å². The van der Waals surface area contributed by atoms with Crippen LogP contribution in [0.1, 0.15) is 81.6 Å². The molecule has 0 bridgehead atoms. The molecule has 0 amide bonds. The molecular weight excluding hydrogens is 524 g/mol. The van der Waals surface area contributed by atoms with Crippen molar-refractivity contribution in [3.05, 3.63) is 0 Å². The minimum atomic E-state index is -0.747. The summed E-state index contributed by atoms with van der Waals surface area (Å²) in [5, 5.41) is 0. The summed E-state index contributed by atoms with van der Waals surface area (Å²) in [4.78, 5) is 35.6. The highest BCUT2D eigenvalue weighted by Gasteiger charge is 2.29. The first-order valence-electron chi connectivity index (χ1n) is 11.9. The predicted octanol–water partition coefficient (Wildman–Crippen LogP) is 4.37. The van der Waals surface area contributed by atoms with Crippen LogP contribution in [0.25, 0.3) is 0 Å². The number of carbonyl (C=O) groups excluding carboxylic acids is 3. The lowest BCUT2D eigenvalue weighted by Crippen LogP contribution is -2.39. The van der Waals surface area contributed by atoms with E-state index in [9.17, 15) is 14.4 Å². The number of halogens is 1. The zero-order chi connectivity index (χ0) is 27.3. The predicted molar refractivity (Wildman–Crippen MR) is 136 cm³/mol. The van der Waals surface area contributed by atoms with Gasteiger partial charge in [-0.15, -0.1) is 0 Å². The second kappa shape index (κ2) is 15.1. The van der Waals surface area contributed by atoms with Gasteiger partial charge in [-0.05, 0) is 62.3 Å². The Morgan fingerprint density at radius 1 is 0.514 bits per heavy atom. The van der Waals surface area contributed by atoms with Crippen LogP contribution in [0.15, 0.2) is 0 Å².